The van der Waals surface area contributed by atoms with Gasteiger partial charge in [-0.25, -0.2) is 0 Å². The molecule has 0 bridgehead atoms. The number of benzene rings is 1. The molecule has 0 aromatic heterocycles. The summed E-state index contributed by atoms with van der Waals surface area (Å²) in [5.74, 6) is 0.625. The number of esters is 1. The molecule has 2 heteroatoms. The van der Waals surface area contributed by atoms with Crippen LogP contribution in [0.25, 0.3) is 0 Å². The van der Waals surface area contributed by atoms with Crippen molar-refractivity contribution in [1.82, 2.24) is 0 Å². The number of hydrogen-bond donors (Lipinski definition) is 0. The predicted octanol–water partition coefficient (Wildman–Crippen LogP) is 3.27. The molecular weight excluding hydrogens is 200 g/mol. The molecular formula is C14H18O2. The van der Waals surface area contributed by atoms with Gasteiger partial charge in [-0.05, 0) is 24.5 Å². The van der Waals surface area contributed by atoms with Crippen LogP contribution in [0.2, 0.25) is 0 Å². The van der Waals surface area contributed by atoms with Crippen molar-refractivity contribution in [2.24, 2.45) is 0 Å². The Kier molecular flexibility index (Phi) is 3.60. The summed E-state index contributed by atoms with van der Waals surface area (Å²) >= 11 is 0. The van der Waals surface area contributed by atoms with Gasteiger partial charge in [-0.15, -0.1) is 0 Å². The fourth-order valence-electron chi connectivity index (χ4n) is 2.10. The molecule has 1 aromatic carbocycles. The molecule has 0 saturated carbocycles. The van der Waals surface area contributed by atoms with Gasteiger partial charge in [0.25, 0.3) is 0 Å². The zero-order valence-corrected chi connectivity index (χ0v) is 9.79. The van der Waals surface area contributed by atoms with Crippen LogP contribution in [0.4, 0.5) is 0 Å². The summed E-state index contributed by atoms with van der Waals surface area (Å²) in [5.41, 5.74) is 2.38. The monoisotopic (exact) mass is 218 g/mol. The van der Waals surface area contributed by atoms with E-state index >= 15 is 0 Å². The number of carbonyl (C=O) groups excluding carboxylic acids is 1. The van der Waals surface area contributed by atoms with Crippen molar-refractivity contribution < 1.29 is 9.53 Å². The molecule has 0 unspecified atom stereocenters. The molecule has 2 rings (SSSR count). The van der Waals surface area contributed by atoms with Gasteiger partial charge in [-0.2, -0.15) is 0 Å². The van der Waals surface area contributed by atoms with E-state index in [0.29, 0.717) is 6.42 Å². The van der Waals surface area contributed by atoms with Crippen LogP contribution >= 0.6 is 0 Å². The molecule has 0 spiro atoms. The maximum atomic E-state index is 11.1. The highest BCUT2D eigenvalue weighted by Crippen LogP contribution is 2.27. The molecule has 0 radical (unpaired) electrons. The van der Waals surface area contributed by atoms with Crippen molar-refractivity contribution in [2.45, 2.75) is 45.4 Å². The van der Waals surface area contributed by atoms with E-state index in [-0.39, 0.29) is 5.97 Å². The lowest BCUT2D eigenvalue weighted by Crippen LogP contribution is -2.00. The smallest absolute Gasteiger partial charge is 0.315 e. The van der Waals surface area contributed by atoms with Crippen LogP contribution in [0.5, 0.6) is 5.75 Å². The van der Waals surface area contributed by atoms with Gasteiger partial charge in [0.1, 0.15) is 5.75 Å². The molecule has 0 saturated heterocycles. The van der Waals surface area contributed by atoms with Gasteiger partial charge in [-0.1, -0.05) is 38.3 Å². The zero-order chi connectivity index (χ0) is 11.4. The van der Waals surface area contributed by atoms with Crippen LogP contribution in [0.3, 0.4) is 0 Å². The molecule has 0 N–H and O–H groups in total. The lowest BCUT2D eigenvalue weighted by molar-refractivity contribution is -0.131. The minimum Gasteiger partial charge on any atom is -0.426 e. The summed E-state index contributed by atoms with van der Waals surface area (Å²) in [6, 6.07) is 6.12. The van der Waals surface area contributed by atoms with E-state index in [1.165, 1.54) is 31.2 Å². The van der Waals surface area contributed by atoms with Gasteiger partial charge in [0.2, 0.25) is 0 Å². The highest BCUT2D eigenvalue weighted by Gasteiger charge is 2.19. The molecule has 86 valence electrons. The maximum absolute atomic E-state index is 11.1. The number of aryl methyl sites for hydroxylation is 1. The van der Waals surface area contributed by atoms with Crippen molar-refractivity contribution in [2.75, 3.05) is 0 Å². The van der Waals surface area contributed by atoms with Crippen LogP contribution in [-0.4, -0.2) is 5.97 Å². The van der Waals surface area contributed by atoms with E-state index in [2.05, 4.69) is 19.1 Å². The summed E-state index contributed by atoms with van der Waals surface area (Å²) in [7, 11) is 0. The van der Waals surface area contributed by atoms with E-state index in [9.17, 15) is 4.79 Å². The third kappa shape index (κ3) is 2.63. The first-order valence-corrected chi connectivity index (χ1v) is 6.12. The van der Waals surface area contributed by atoms with Crippen molar-refractivity contribution in [3.05, 3.63) is 29.3 Å². The van der Waals surface area contributed by atoms with Gasteiger partial charge < -0.3 is 4.74 Å². The average molecular weight is 218 g/mol. The highest BCUT2D eigenvalue weighted by atomic mass is 16.5. The van der Waals surface area contributed by atoms with E-state index in [1.54, 1.807) is 0 Å². The number of rotatable bonds is 5. The Balaban J connectivity index is 1.92. The van der Waals surface area contributed by atoms with Crippen molar-refractivity contribution >= 4 is 5.97 Å². The molecule has 16 heavy (non-hydrogen) atoms. The van der Waals surface area contributed by atoms with E-state index in [0.717, 1.165) is 17.7 Å². The Morgan fingerprint density at radius 3 is 2.94 bits per heavy atom. The zero-order valence-electron chi connectivity index (χ0n) is 9.79. The lowest BCUT2D eigenvalue weighted by Gasteiger charge is -2.03. The Labute approximate surface area is 96.6 Å². The quantitative estimate of drug-likeness (QED) is 0.431. The Bertz CT molecular complexity index is 382. The molecule has 1 aliphatic rings. The summed E-state index contributed by atoms with van der Waals surface area (Å²) in [6.07, 6.45) is 6.67. The topological polar surface area (TPSA) is 26.3 Å². The summed E-state index contributed by atoms with van der Waals surface area (Å²) in [4.78, 5) is 11.1. The van der Waals surface area contributed by atoms with Crippen LogP contribution in [0.1, 0.15) is 43.7 Å². The van der Waals surface area contributed by atoms with Gasteiger partial charge >= 0.3 is 5.97 Å². The third-order valence-corrected chi connectivity index (χ3v) is 3.00. The number of hydrogen-bond acceptors (Lipinski definition) is 2. The second-order valence-electron chi connectivity index (χ2n) is 4.40. The molecule has 0 aliphatic carbocycles. The fourth-order valence-corrected chi connectivity index (χ4v) is 2.10. The molecule has 0 atom stereocenters. The number of carbonyl (C=O) groups is 1. The average Bonchev–Trinajstić information content (AvgIpc) is 2.64. The highest BCUT2D eigenvalue weighted by molar-refractivity contribution is 5.81. The van der Waals surface area contributed by atoms with Gasteiger partial charge in [0.15, 0.2) is 0 Å². The van der Waals surface area contributed by atoms with Crippen LogP contribution in [0, 0.1) is 0 Å². The minimum absolute atomic E-state index is 0.127. The molecule has 1 aliphatic heterocycles. The largest absolute Gasteiger partial charge is 0.426 e. The van der Waals surface area contributed by atoms with E-state index < -0.39 is 0 Å². The minimum atomic E-state index is -0.127. The predicted molar refractivity (Wildman–Crippen MR) is 63.6 cm³/mol. The number of ether oxygens (including phenoxy) is 1. The summed E-state index contributed by atoms with van der Waals surface area (Å²) < 4.78 is 5.07. The van der Waals surface area contributed by atoms with Crippen molar-refractivity contribution in [3.8, 4) is 5.75 Å². The second kappa shape index (κ2) is 5.15. The van der Waals surface area contributed by atoms with Gasteiger partial charge in [0, 0.05) is 5.56 Å². The SMILES string of the molecule is CCCCCCc1ccc2c(c1)CC(=O)O2. The standard InChI is InChI=1S/C14H18O2/c1-2-3-4-5-6-11-7-8-13-12(9-11)10-14(15)16-13/h7-9H,2-6,10H2,1H3. The van der Waals surface area contributed by atoms with Gasteiger partial charge in [0.05, 0.1) is 6.42 Å². The first kappa shape index (κ1) is 11.2. The normalized spacial score (nSPS) is 13.7. The van der Waals surface area contributed by atoms with Gasteiger partial charge in [-0.3, -0.25) is 4.79 Å². The van der Waals surface area contributed by atoms with E-state index in [4.69, 9.17) is 4.74 Å². The fraction of sp³-hybridized carbons (Fsp3) is 0.500. The molecule has 2 nitrogen and oxygen atoms in total. The molecule has 1 heterocycles. The Morgan fingerprint density at radius 1 is 1.25 bits per heavy atom. The Hall–Kier alpha value is -1.31. The summed E-state index contributed by atoms with van der Waals surface area (Å²) in [6.45, 7) is 2.22. The first-order chi connectivity index (χ1) is 7.79. The first-order valence-electron chi connectivity index (χ1n) is 6.12. The second-order valence-corrected chi connectivity index (χ2v) is 4.40. The Morgan fingerprint density at radius 2 is 2.12 bits per heavy atom. The maximum Gasteiger partial charge on any atom is 0.315 e. The van der Waals surface area contributed by atoms with Crippen LogP contribution < -0.4 is 4.74 Å². The lowest BCUT2D eigenvalue weighted by atomic mass is 10.0. The van der Waals surface area contributed by atoms with E-state index in [1.807, 2.05) is 6.07 Å². The van der Waals surface area contributed by atoms with Crippen LogP contribution in [0.15, 0.2) is 18.2 Å². The molecule has 0 amide bonds. The number of unbranched alkanes of at least 4 members (excludes halogenated alkanes) is 3. The number of fused-ring (bicyclic) bond motifs is 1. The van der Waals surface area contributed by atoms with Crippen molar-refractivity contribution in [1.29, 1.82) is 0 Å². The molecule has 0 fully saturated rings. The van der Waals surface area contributed by atoms with Crippen molar-refractivity contribution in [3.63, 3.8) is 0 Å². The van der Waals surface area contributed by atoms with Crippen LogP contribution in [-0.2, 0) is 17.6 Å². The summed E-state index contributed by atoms with van der Waals surface area (Å²) in [5, 5.41) is 0. The molecule has 1 aromatic rings. The third-order valence-electron chi connectivity index (χ3n) is 3.00.